The summed E-state index contributed by atoms with van der Waals surface area (Å²) < 4.78 is 26.2. The van der Waals surface area contributed by atoms with E-state index in [1.165, 1.54) is 9.21 Å². The first-order valence-corrected chi connectivity index (χ1v) is 15.0. The molecule has 1 N–H and O–H groups in total. The molecular weight excluding hydrogens is 533 g/mol. The van der Waals surface area contributed by atoms with E-state index in [2.05, 4.69) is 5.32 Å². The van der Waals surface area contributed by atoms with Crippen molar-refractivity contribution in [3.8, 4) is 0 Å². The number of nitrogens with one attached hydrogen (secondary N) is 1. The molecule has 7 nitrogen and oxygen atoms in total. The van der Waals surface area contributed by atoms with E-state index < -0.39 is 16.1 Å². The Morgan fingerprint density at radius 2 is 1.70 bits per heavy atom. The Labute approximate surface area is 231 Å². The molecule has 0 aliphatic rings. The molecule has 0 fully saturated rings. The summed E-state index contributed by atoms with van der Waals surface area (Å²) in [4.78, 5) is 28.1. The molecule has 0 spiro atoms. The lowest BCUT2D eigenvalue weighted by atomic mass is 10.1. The van der Waals surface area contributed by atoms with Crippen LogP contribution in [0.15, 0.2) is 42.5 Å². The highest BCUT2D eigenvalue weighted by Crippen LogP contribution is 2.25. The summed E-state index contributed by atoms with van der Waals surface area (Å²) in [5, 5.41) is 3.81. The number of carbonyl (C=O) groups excluding carboxylic acids is 2. The average molecular weight is 571 g/mol. The number of hydrogen-bond donors (Lipinski definition) is 1. The minimum Gasteiger partial charge on any atom is -0.354 e. The number of sulfonamides is 1. The van der Waals surface area contributed by atoms with Crippen molar-refractivity contribution < 1.29 is 18.0 Å². The second kappa shape index (κ2) is 14.0. The number of halogens is 2. The topological polar surface area (TPSA) is 86.8 Å². The molecule has 0 heterocycles. The lowest BCUT2D eigenvalue weighted by molar-refractivity contribution is -0.141. The zero-order valence-corrected chi connectivity index (χ0v) is 24.5. The highest BCUT2D eigenvalue weighted by atomic mass is 35.5. The summed E-state index contributed by atoms with van der Waals surface area (Å²) in [6, 6.07) is 11.5. The van der Waals surface area contributed by atoms with E-state index in [-0.39, 0.29) is 43.7 Å². The first-order chi connectivity index (χ1) is 17.3. The molecule has 0 saturated heterocycles. The van der Waals surface area contributed by atoms with Crippen LogP contribution in [0.5, 0.6) is 0 Å². The first kappa shape index (κ1) is 30.9. The maximum atomic E-state index is 13.5. The molecule has 10 heteroatoms. The molecule has 0 aliphatic heterocycles. The predicted molar refractivity (Wildman–Crippen MR) is 152 cm³/mol. The second-order valence-corrected chi connectivity index (χ2v) is 12.3. The third-order valence-electron chi connectivity index (χ3n) is 5.90. The summed E-state index contributed by atoms with van der Waals surface area (Å²) in [6.45, 7) is 8.55. The fraction of sp³-hybridized carbons (Fsp3) is 0.481. The first-order valence-electron chi connectivity index (χ1n) is 12.4. The van der Waals surface area contributed by atoms with Crippen molar-refractivity contribution in [2.24, 2.45) is 5.92 Å². The van der Waals surface area contributed by atoms with E-state index in [1.807, 2.05) is 39.8 Å². The number of amides is 2. The van der Waals surface area contributed by atoms with Crippen molar-refractivity contribution in [2.75, 3.05) is 23.7 Å². The summed E-state index contributed by atoms with van der Waals surface area (Å²) in [5.41, 5.74) is 2.24. The molecule has 37 heavy (non-hydrogen) atoms. The van der Waals surface area contributed by atoms with Gasteiger partial charge in [0.1, 0.15) is 6.04 Å². The van der Waals surface area contributed by atoms with Gasteiger partial charge in [-0.25, -0.2) is 8.42 Å². The third kappa shape index (κ3) is 9.51. The summed E-state index contributed by atoms with van der Waals surface area (Å²) in [7, 11) is -3.54. The number of anilines is 1. The Bertz CT molecular complexity index is 1170. The Balaban J connectivity index is 2.24. The molecule has 0 saturated carbocycles. The quantitative estimate of drug-likeness (QED) is 0.348. The summed E-state index contributed by atoms with van der Waals surface area (Å²) in [5.74, 6) is -0.220. The van der Waals surface area contributed by atoms with Gasteiger partial charge in [-0.15, -0.1) is 0 Å². The molecule has 0 aromatic heterocycles. The van der Waals surface area contributed by atoms with Crippen LogP contribution < -0.4 is 9.62 Å². The Morgan fingerprint density at radius 1 is 1.05 bits per heavy atom. The van der Waals surface area contributed by atoms with Crippen molar-refractivity contribution in [1.82, 2.24) is 10.2 Å². The highest BCUT2D eigenvalue weighted by molar-refractivity contribution is 7.92. The minimum absolute atomic E-state index is 0.0665. The van der Waals surface area contributed by atoms with Crippen LogP contribution >= 0.6 is 23.2 Å². The number of rotatable bonds is 13. The maximum absolute atomic E-state index is 13.5. The van der Waals surface area contributed by atoms with Gasteiger partial charge in [-0.1, -0.05) is 67.7 Å². The van der Waals surface area contributed by atoms with Crippen LogP contribution in [-0.2, 0) is 26.2 Å². The standard InChI is InChI=1S/C27H37Cl2N3O4S/c1-6-25(27(34)30-17-19(2)3)31(18-21-11-12-22(28)16-24(21)29)26(33)8-7-15-32(37(5,35)36)23-13-9-20(4)10-14-23/h9-14,16,19,25H,6-8,15,17-18H2,1-5H3,(H,30,34)/t25-/m0/s1. The molecule has 2 rings (SSSR count). The van der Waals surface area contributed by atoms with Gasteiger partial charge in [-0.2, -0.15) is 0 Å². The van der Waals surface area contributed by atoms with Gasteiger partial charge in [-0.3, -0.25) is 13.9 Å². The van der Waals surface area contributed by atoms with Crippen LogP contribution in [0.3, 0.4) is 0 Å². The van der Waals surface area contributed by atoms with Gasteiger partial charge in [0, 0.05) is 36.1 Å². The van der Waals surface area contributed by atoms with Crippen LogP contribution in [0.4, 0.5) is 5.69 Å². The van der Waals surface area contributed by atoms with E-state index in [9.17, 15) is 18.0 Å². The molecule has 0 unspecified atom stereocenters. The SMILES string of the molecule is CC[C@@H](C(=O)NCC(C)C)N(Cc1ccc(Cl)cc1Cl)C(=O)CCCN(c1ccc(C)cc1)S(C)(=O)=O. The summed E-state index contributed by atoms with van der Waals surface area (Å²) >= 11 is 12.4. The van der Waals surface area contributed by atoms with Gasteiger partial charge < -0.3 is 10.2 Å². The summed E-state index contributed by atoms with van der Waals surface area (Å²) in [6.07, 6.45) is 1.92. The van der Waals surface area contributed by atoms with Crippen LogP contribution in [0.2, 0.25) is 10.0 Å². The monoisotopic (exact) mass is 569 g/mol. The van der Waals surface area contributed by atoms with Crippen molar-refractivity contribution in [3.63, 3.8) is 0 Å². The normalized spacial score (nSPS) is 12.3. The molecular formula is C27H37Cl2N3O4S. The molecule has 0 bridgehead atoms. The predicted octanol–water partition coefficient (Wildman–Crippen LogP) is 5.43. The Kier molecular flexibility index (Phi) is 11.7. The largest absolute Gasteiger partial charge is 0.354 e. The minimum atomic E-state index is -3.54. The smallest absolute Gasteiger partial charge is 0.242 e. The van der Waals surface area contributed by atoms with Gasteiger partial charge in [-0.05, 0) is 55.5 Å². The average Bonchev–Trinajstić information content (AvgIpc) is 2.81. The van der Waals surface area contributed by atoms with Crippen molar-refractivity contribution in [3.05, 3.63) is 63.6 Å². The number of carbonyl (C=O) groups is 2. The van der Waals surface area contributed by atoms with E-state index in [0.29, 0.717) is 34.3 Å². The zero-order chi connectivity index (χ0) is 27.8. The lowest BCUT2D eigenvalue weighted by Gasteiger charge is -2.31. The van der Waals surface area contributed by atoms with Crippen molar-refractivity contribution in [2.45, 2.75) is 59.5 Å². The molecule has 0 aliphatic carbocycles. The number of benzene rings is 2. The number of aryl methyl sites for hydroxylation is 1. The van der Waals surface area contributed by atoms with E-state index in [4.69, 9.17) is 23.2 Å². The van der Waals surface area contributed by atoms with Crippen LogP contribution in [0.1, 0.15) is 51.2 Å². The number of nitrogens with zero attached hydrogens (tertiary/aromatic N) is 2. The molecule has 1 atom stereocenters. The van der Waals surface area contributed by atoms with Gasteiger partial charge in [0.2, 0.25) is 21.8 Å². The molecule has 0 radical (unpaired) electrons. The Hall–Kier alpha value is -2.29. The highest BCUT2D eigenvalue weighted by Gasteiger charge is 2.29. The zero-order valence-electron chi connectivity index (χ0n) is 22.1. The van der Waals surface area contributed by atoms with Crippen LogP contribution in [-0.4, -0.2) is 50.5 Å². The maximum Gasteiger partial charge on any atom is 0.242 e. The number of hydrogen-bond acceptors (Lipinski definition) is 4. The van der Waals surface area contributed by atoms with Gasteiger partial charge in [0.05, 0.1) is 11.9 Å². The van der Waals surface area contributed by atoms with Gasteiger partial charge in [0.25, 0.3) is 0 Å². The van der Waals surface area contributed by atoms with Crippen LogP contribution in [0.25, 0.3) is 0 Å². The van der Waals surface area contributed by atoms with E-state index in [1.54, 1.807) is 30.3 Å². The third-order valence-corrected chi connectivity index (χ3v) is 7.68. The second-order valence-electron chi connectivity index (χ2n) is 9.59. The van der Waals surface area contributed by atoms with Gasteiger partial charge >= 0.3 is 0 Å². The van der Waals surface area contributed by atoms with Gasteiger partial charge in [0.15, 0.2) is 0 Å². The van der Waals surface area contributed by atoms with Crippen molar-refractivity contribution in [1.29, 1.82) is 0 Å². The molecule has 2 amide bonds. The molecule has 2 aromatic carbocycles. The Morgan fingerprint density at radius 3 is 2.24 bits per heavy atom. The molecule has 204 valence electrons. The lowest BCUT2D eigenvalue weighted by Crippen LogP contribution is -2.49. The molecule has 2 aromatic rings. The van der Waals surface area contributed by atoms with Crippen molar-refractivity contribution >= 4 is 50.7 Å². The van der Waals surface area contributed by atoms with E-state index >= 15 is 0 Å². The van der Waals surface area contributed by atoms with Crippen LogP contribution in [0, 0.1) is 12.8 Å². The van der Waals surface area contributed by atoms with E-state index in [0.717, 1.165) is 11.8 Å². The fourth-order valence-electron chi connectivity index (χ4n) is 3.89. The fourth-order valence-corrected chi connectivity index (χ4v) is 5.32.